The van der Waals surface area contributed by atoms with E-state index in [9.17, 15) is 4.79 Å². The van der Waals surface area contributed by atoms with Crippen LogP contribution in [0.5, 0.6) is 11.5 Å². The predicted molar refractivity (Wildman–Crippen MR) is 138 cm³/mol. The number of hydrogen-bond acceptors (Lipinski definition) is 7. The average Bonchev–Trinajstić information content (AvgIpc) is 3.39. The van der Waals surface area contributed by atoms with Crippen molar-refractivity contribution in [3.8, 4) is 22.9 Å². The van der Waals surface area contributed by atoms with Crippen LogP contribution in [-0.4, -0.2) is 54.8 Å². The molecule has 36 heavy (non-hydrogen) atoms. The number of carbonyl (C=O) groups is 1. The molecule has 1 saturated heterocycles. The molecular formula is C28H36N4O4. The van der Waals surface area contributed by atoms with E-state index in [1.54, 1.807) is 14.2 Å². The van der Waals surface area contributed by atoms with Crippen molar-refractivity contribution in [2.24, 2.45) is 11.8 Å². The van der Waals surface area contributed by atoms with Gasteiger partial charge in [-0.1, -0.05) is 48.8 Å². The zero-order valence-electron chi connectivity index (χ0n) is 21.4. The Morgan fingerprint density at radius 3 is 2.56 bits per heavy atom. The van der Waals surface area contributed by atoms with E-state index in [1.165, 1.54) is 5.56 Å². The number of aromatic nitrogens is 2. The summed E-state index contributed by atoms with van der Waals surface area (Å²) in [6.45, 7) is 5.14. The molecule has 8 heteroatoms. The van der Waals surface area contributed by atoms with Gasteiger partial charge >= 0.3 is 0 Å². The van der Waals surface area contributed by atoms with E-state index in [2.05, 4.69) is 51.5 Å². The standard InChI is InChI=1S/C28H36N4O4/c1-4-20(16-21-8-6-5-7-9-21)18-29-28(33)22-12-14-32(15-13-22)19-26-30-27(31-36-26)23-10-11-24(34-2)25(17-23)35-3/h5-11,17,20,22H,4,12-16,18-19H2,1-3H3,(H,29,33). The Morgan fingerprint density at radius 2 is 1.86 bits per heavy atom. The lowest BCUT2D eigenvalue weighted by atomic mass is 9.94. The number of ether oxygens (including phenoxy) is 2. The van der Waals surface area contributed by atoms with Gasteiger partial charge in [-0.2, -0.15) is 4.98 Å². The fourth-order valence-electron chi connectivity index (χ4n) is 4.65. The van der Waals surface area contributed by atoms with Gasteiger partial charge in [-0.05, 0) is 62.0 Å². The van der Waals surface area contributed by atoms with Gasteiger partial charge in [-0.15, -0.1) is 0 Å². The zero-order chi connectivity index (χ0) is 25.3. The maximum absolute atomic E-state index is 12.8. The van der Waals surface area contributed by atoms with Gasteiger partial charge in [-0.3, -0.25) is 9.69 Å². The second-order valence-electron chi connectivity index (χ2n) is 9.34. The molecule has 3 aromatic rings. The molecule has 1 unspecified atom stereocenters. The van der Waals surface area contributed by atoms with Gasteiger partial charge in [-0.25, -0.2) is 0 Å². The van der Waals surface area contributed by atoms with Crippen LogP contribution in [0.1, 0.15) is 37.6 Å². The third-order valence-corrected chi connectivity index (χ3v) is 6.94. The maximum Gasteiger partial charge on any atom is 0.241 e. The van der Waals surface area contributed by atoms with Crippen molar-refractivity contribution in [1.29, 1.82) is 0 Å². The zero-order valence-corrected chi connectivity index (χ0v) is 21.4. The van der Waals surface area contributed by atoms with Crippen LogP contribution in [0, 0.1) is 11.8 Å². The number of rotatable bonds is 11. The minimum Gasteiger partial charge on any atom is -0.493 e. The first-order valence-corrected chi connectivity index (χ1v) is 12.7. The summed E-state index contributed by atoms with van der Waals surface area (Å²) in [4.78, 5) is 19.6. The lowest BCUT2D eigenvalue weighted by Gasteiger charge is -2.30. The van der Waals surface area contributed by atoms with E-state index in [0.29, 0.717) is 35.7 Å². The van der Waals surface area contributed by atoms with Crippen molar-refractivity contribution in [3.05, 3.63) is 60.0 Å². The molecule has 0 saturated carbocycles. The van der Waals surface area contributed by atoms with Crippen molar-refractivity contribution in [2.45, 2.75) is 39.2 Å². The smallest absolute Gasteiger partial charge is 0.241 e. The quantitative estimate of drug-likeness (QED) is 0.426. The SMILES string of the molecule is CCC(CNC(=O)C1CCN(Cc2nc(-c3ccc(OC)c(OC)c3)no2)CC1)Cc1ccccc1. The minimum atomic E-state index is 0.0560. The fraction of sp³-hybridized carbons (Fsp3) is 0.464. The molecule has 1 atom stereocenters. The van der Waals surface area contributed by atoms with Crippen molar-refractivity contribution >= 4 is 5.91 Å². The number of nitrogens with one attached hydrogen (secondary N) is 1. The summed E-state index contributed by atoms with van der Waals surface area (Å²) in [6.07, 6.45) is 3.70. The third kappa shape index (κ3) is 6.63. The Balaban J connectivity index is 1.23. The molecule has 0 bridgehead atoms. The van der Waals surface area contributed by atoms with E-state index >= 15 is 0 Å². The Labute approximate surface area is 213 Å². The first kappa shape index (κ1) is 25.7. The number of amides is 1. The average molecular weight is 493 g/mol. The van der Waals surface area contributed by atoms with Crippen LogP contribution in [-0.2, 0) is 17.8 Å². The Bertz CT molecular complexity index is 1110. The molecule has 0 spiro atoms. The van der Waals surface area contributed by atoms with Crippen LogP contribution in [0.25, 0.3) is 11.4 Å². The van der Waals surface area contributed by atoms with Gasteiger partial charge in [0, 0.05) is 18.0 Å². The molecule has 0 aliphatic carbocycles. The van der Waals surface area contributed by atoms with Gasteiger partial charge in [0.15, 0.2) is 11.5 Å². The summed E-state index contributed by atoms with van der Waals surface area (Å²) in [7, 11) is 3.20. The van der Waals surface area contributed by atoms with Gasteiger partial charge in [0.25, 0.3) is 0 Å². The van der Waals surface area contributed by atoms with Crippen LogP contribution < -0.4 is 14.8 Å². The molecule has 1 aliphatic rings. The lowest BCUT2D eigenvalue weighted by molar-refractivity contribution is -0.126. The lowest BCUT2D eigenvalue weighted by Crippen LogP contribution is -2.41. The van der Waals surface area contributed by atoms with E-state index < -0.39 is 0 Å². The van der Waals surface area contributed by atoms with Crippen LogP contribution in [0.4, 0.5) is 0 Å². The number of piperidine rings is 1. The molecule has 2 aromatic carbocycles. The number of carbonyl (C=O) groups excluding carboxylic acids is 1. The Kier molecular flexibility index (Phi) is 8.95. The predicted octanol–water partition coefficient (Wildman–Crippen LogP) is 4.35. The summed E-state index contributed by atoms with van der Waals surface area (Å²) in [5.41, 5.74) is 2.12. The summed E-state index contributed by atoms with van der Waals surface area (Å²) in [6, 6.07) is 16.0. The van der Waals surface area contributed by atoms with Gasteiger partial charge < -0.3 is 19.3 Å². The van der Waals surface area contributed by atoms with Crippen molar-refractivity contribution < 1.29 is 18.8 Å². The molecule has 1 fully saturated rings. The van der Waals surface area contributed by atoms with Gasteiger partial charge in [0.2, 0.25) is 17.6 Å². The number of benzene rings is 2. The maximum atomic E-state index is 12.8. The summed E-state index contributed by atoms with van der Waals surface area (Å²) in [5, 5.41) is 7.34. The van der Waals surface area contributed by atoms with Gasteiger partial charge in [0.1, 0.15) is 0 Å². The highest BCUT2D eigenvalue weighted by molar-refractivity contribution is 5.78. The van der Waals surface area contributed by atoms with Crippen molar-refractivity contribution in [1.82, 2.24) is 20.4 Å². The van der Waals surface area contributed by atoms with Gasteiger partial charge in [0.05, 0.1) is 20.8 Å². The monoisotopic (exact) mass is 492 g/mol. The molecule has 4 rings (SSSR count). The van der Waals surface area contributed by atoms with E-state index in [1.807, 2.05) is 24.3 Å². The molecule has 1 N–H and O–H groups in total. The highest BCUT2D eigenvalue weighted by Crippen LogP contribution is 2.31. The molecule has 1 aromatic heterocycles. The van der Waals surface area contributed by atoms with Crippen LogP contribution in [0.15, 0.2) is 53.1 Å². The first-order valence-electron chi connectivity index (χ1n) is 12.7. The first-order chi connectivity index (χ1) is 17.6. The molecule has 1 aliphatic heterocycles. The molecule has 0 radical (unpaired) electrons. The highest BCUT2D eigenvalue weighted by atomic mass is 16.5. The van der Waals surface area contributed by atoms with E-state index in [0.717, 1.165) is 50.9 Å². The van der Waals surface area contributed by atoms with Crippen LogP contribution >= 0.6 is 0 Å². The molecule has 8 nitrogen and oxygen atoms in total. The Morgan fingerprint density at radius 1 is 1.11 bits per heavy atom. The summed E-state index contributed by atoms with van der Waals surface area (Å²) >= 11 is 0. The van der Waals surface area contributed by atoms with Crippen molar-refractivity contribution in [3.63, 3.8) is 0 Å². The second kappa shape index (κ2) is 12.5. The Hall–Kier alpha value is -3.39. The number of likely N-dealkylation sites (tertiary alicyclic amines) is 1. The topological polar surface area (TPSA) is 89.7 Å². The third-order valence-electron chi connectivity index (χ3n) is 6.94. The molecular weight excluding hydrogens is 456 g/mol. The fourth-order valence-corrected chi connectivity index (χ4v) is 4.65. The van der Waals surface area contributed by atoms with E-state index in [-0.39, 0.29) is 11.8 Å². The minimum absolute atomic E-state index is 0.0560. The summed E-state index contributed by atoms with van der Waals surface area (Å²) < 4.78 is 16.2. The largest absolute Gasteiger partial charge is 0.493 e. The number of methoxy groups -OCH3 is 2. The molecule has 2 heterocycles. The van der Waals surface area contributed by atoms with Crippen LogP contribution in [0.3, 0.4) is 0 Å². The van der Waals surface area contributed by atoms with E-state index in [4.69, 9.17) is 14.0 Å². The van der Waals surface area contributed by atoms with Crippen molar-refractivity contribution in [2.75, 3.05) is 33.9 Å². The second-order valence-corrected chi connectivity index (χ2v) is 9.34. The number of nitrogens with zero attached hydrogens (tertiary/aromatic N) is 3. The van der Waals surface area contributed by atoms with Crippen LogP contribution in [0.2, 0.25) is 0 Å². The highest BCUT2D eigenvalue weighted by Gasteiger charge is 2.26. The normalized spacial score (nSPS) is 15.4. The molecule has 1 amide bonds. The number of hydrogen-bond donors (Lipinski definition) is 1. The summed E-state index contributed by atoms with van der Waals surface area (Å²) in [5.74, 6) is 3.03. The molecule has 192 valence electrons.